The fourth-order valence-corrected chi connectivity index (χ4v) is 13.3. The van der Waals surface area contributed by atoms with Crippen molar-refractivity contribution in [1.29, 1.82) is 0 Å². The third-order valence-corrected chi connectivity index (χ3v) is 19.5. The van der Waals surface area contributed by atoms with Crippen LogP contribution in [-0.2, 0) is 61.2 Å². The zero-order chi connectivity index (χ0) is 71.8. The second-order valence-electron chi connectivity index (χ2n) is 27.1. The van der Waals surface area contributed by atoms with E-state index in [2.05, 4.69) is 32.9 Å². The maximum absolute atomic E-state index is 14.3. The zero-order valence-corrected chi connectivity index (χ0v) is 60.5. The second kappa shape index (κ2) is 54.8. The highest BCUT2D eigenvalue weighted by molar-refractivity contribution is 7.47. The minimum atomic E-state index is -5.73. The molecule has 0 aromatic rings. The van der Waals surface area contributed by atoms with Crippen molar-refractivity contribution in [1.82, 2.24) is 0 Å². The van der Waals surface area contributed by atoms with Gasteiger partial charge in [-0.1, -0.05) is 244 Å². The Bertz CT molecular complexity index is 2170. The first-order valence-corrected chi connectivity index (χ1v) is 39.3. The molecular weight excluding hydrogens is 1290 g/mol. The van der Waals surface area contributed by atoms with Gasteiger partial charge in [0.2, 0.25) is 0 Å². The van der Waals surface area contributed by atoms with Crippen molar-refractivity contribution in [3.63, 3.8) is 0 Å². The van der Waals surface area contributed by atoms with Crippen LogP contribution in [0.25, 0.3) is 0 Å². The Morgan fingerprint density at radius 1 is 0.418 bits per heavy atom. The maximum atomic E-state index is 14.3. The fourth-order valence-electron chi connectivity index (χ4n) is 12.3. The molecule has 2 aliphatic heterocycles. The van der Waals surface area contributed by atoms with E-state index < -0.39 is 156 Å². The van der Waals surface area contributed by atoms with Gasteiger partial charge in [-0.3, -0.25) is 18.6 Å². The average molecular weight is 1420 g/mol. The molecular formula is C73H131O24P. The maximum Gasteiger partial charge on any atom is 0.472 e. The lowest BCUT2D eigenvalue weighted by Gasteiger charge is -2.49. The minimum absolute atomic E-state index is 0.00467. The molecule has 24 nitrogen and oxygen atoms in total. The van der Waals surface area contributed by atoms with Crippen LogP contribution < -0.4 is 0 Å². The number of carbonyl (C=O) groups excluding carboxylic acids is 3. The van der Waals surface area contributed by atoms with Crippen molar-refractivity contribution < 1.29 is 117 Å². The average Bonchev–Trinajstić information content (AvgIpc) is 0.767. The highest BCUT2D eigenvalue weighted by Crippen LogP contribution is 2.49. The number of rotatable bonds is 58. The molecule has 572 valence electrons. The summed E-state index contributed by atoms with van der Waals surface area (Å²) >= 11 is 0. The van der Waals surface area contributed by atoms with E-state index in [4.69, 9.17) is 42.2 Å². The van der Waals surface area contributed by atoms with E-state index in [1.165, 1.54) is 147 Å². The summed E-state index contributed by atoms with van der Waals surface area (Å²) in [5, 5.41) is 110. The van der Waals surface area contributed by atoms with Crippen molar-refractivity contribution in [2.24, 2.45) is 0 Å². The number of esters is 3. The summed E-state index contributed by atoms with van der Waals surface area (Å²) < 4.78 is 64.7. The Kier molecular flexibility index (Phi) is 50.0. The number of ether oxygens (including phenoxy) is 7. The summed E-state index contributed by atoms with van der Waals surface area (Å²) in [6, 6.07) is 0. The molecule has 0 bridgehead atoms. The summed E-state index contributed by atoms with van der Waals surface area (Å²) in [6.07, 6.45) is 17.1. The lowest BCUT2D eigenvalue weighted by atomic mass is 9.84. The van der Waals surface area contributed by atoms with E-state index in [0.717, 1.165) is 96.0 Å². The van der Waals surface area contributed by atoms with E-state index in [0.29, 0.717) is 12.8 Å². The monoisotopic (exact) mass is 1420 g/mol. The van der Waals surface area contributed by atoms with Gasteiger partial charge in [-0.25, -0.2) is 9.36 Å². The summed E-state index contributed by atoms with van der Waals surface area (Å²) in [5.41, 5.74) is 0. The van der Waals surface area contributed by atoms with E-state index in [1.54, 1.807) is 6.08 Å². The quantitative estimate of drug-likeness (QED) is 0.00513. The van der Waals surface area contributed by atoms with Gasteiger partial charge in [0, 0.05) is 18.9 Å². The van der Waals surface area contributed by atoms with Gasteiger partial charge < -0.3 is 89.1 Å². The first kappa shape index (κ1) is 89.4. The van der Waals surface area contributed by atoms with E-state index in [9.17, 15) is 74.9 Å². The van der Waals surface area contributed by atoms with E-state index >= 15 is 0 Å². The first-order chi connectivity index (χ1) is 47.3. The smallest absolute Gasteiger partial charge is 0.463 e. The molecule has 0 aromatic carbocycles. The SMILES string of the molecule is CCCCCCCC/C=C\CCCCCC(=O)OCC(COP(=O)(O)OC1C(OC2OC(CO)C(O)C(O)C2O)C(O)C(O)C(O)C1OC1OC(COC(=O)CCCCCCCCCCCCCCCCC)C(O)C(O)C1O)OC(=O)/C=C/C=C/CCCCCCCCCCCCC. The van der Waals surface area contributed by atoms with Gasteiger partial charge in [0.1, 0.15) is 98.7 Å². The number of hydrogen-bond acceptors (Lipinski definition) is 23. The van der Waals surface area contributed by atoms with Crippen molar-refractivity contribution in [3.8, 4) is 0 Å². The third kappa shape index (κ3) is 37.6. The second-order valence-corrected chi connectivity index (χ2v) is 28.5. The molecule has 3 aliphatic rings. The predicted octanol–water partition coefficient (Wildman–Crippen LogP) is 10.3. The van der Waals surface area contributed by atoms with Crippen LogP contribution in [0.5, 0.6) is 0 Å². The molecule has 0 aromatic heterocycles. The Balaban J connectivity index is 1.75. The van der Waals surface area contributed by atoms with Gasteiger partial charge in [-0.15, -0.1) is 0 Å². The number of phosphoric acid groups is 1. The predicted molar refractivity (Wildman–Crippen MR) is 370 cm³/mol. The van der Waals surface area contributed by atoms with E-state index in [1.807, 2.05) is 6.08 Å². The van der Waals surface area contributed by atoms with Crippen LogP contribution >= 0.6 is 7.82 Å². The highest BCUT2D eigenvalue weighted by Gasteiger charge is 2.58. The van der Waals surface area contributed by atoms with Gasteiger partial charge in [-0.05, 0) is 51.4 Å². The Morgan fingerprint density at radius 2 is 0.786 bits per heavy atom. The summed E-state index contributed by atoms with van der Waals surface area (Å²) in [4.78, 5) is 50.8. The lowest BCUT2D eigenvalue weighted by Crippen LogP contribution is -2.69. The molecule has 0 spiro atoms. The molecule has 18 unspecified atom stereocenters. The number of unbranched alkanes of at least 4 members (excludes halogenated alkanes) is 34. The van der Waals surface area contributed by atoms with Crippen molar-refractivity contribution in [2.45, 2.75) is 382 Å². The van der Waals surface area contributed by atoms with E-state index in [-0.39, 0.29) is 12.8 Å². The zero-order valence-electron chi connectivity index (χ0n) is 59.6. The molecule has 11 N–H and O–H groups in total. The molecule has 3 fully saturated rings. The minimum Gasteiger partial charge on any atom is -0.463 e. The molecule has 2 saturated heterocycles. The highest BCUT2D eigenvalue weighted by atomic mass is 31.2. The van der Waals surface area contributed by atoms with Crippen LogP contribution in [0.1, 0.15) is 278 Å². The third-order valence-electron chi connectivity index (χ3n) is 18.5. The molecule has 1 saturated carbocycles. The standard InChI is InChI=1S/C73H131O24P/c1-4-7-10-13-16-19-22-25-27-30-33-36-39-42-45-48-58(76)90-53-56-61(79)63(81)68(86)73(94-56)96-70-66(84)64(82)65(83)69(95-72-67(85)62(80)60(78)55(50-74)93-72)71(70)97-98(87,88)91-52-54(51-89-57(75)47-44-41-38-35-32-29-24-21-18-15-12-9-6-3)92-59(77)49-46-43-40-37-34-31-28-26-23-20-17-14-11-8-5-2/h29,32,40,43,46,49,54-56,60-74,78-86H,4-28,30-31,33-39,41-42,44-45,47-48,50-53H2,1-3H3,(H,87,88)/b32-29-,43-40+,49-46+. The summed E-state index contributed by atoms with van der Waals surface area (Å²) in [5.74, 6) is -2.26. The van der Waals surface area contributed by atoms with Gasteiger partial charge in [0.15, 0.2) is 18.7 Å². The van der Waals surface area contributed by atoms with Gasteiger partial charge in [-0.2, -0.15) is 0 Å². The largest absolute Gasteiger partial charge is 0.472 e. The number of aliphatic hydroxyl groups excluding tert-OH is 10. The van der Waals surface area contributed by atoms with Crippen LogP contribution in [-0.4, -0.2) is 204 Å². The molecule has 18 atom stereocenters. The molecule has 0 radical (unpaired) electrons. The van der Waals surface area contributed by atoms with Gasteiger partial charge >= 0.3 is 25.7 Å². The van der Waals surface area contributed by atoms with Crippen LogP contribution in [0.3, 0.4) is 0 Å². The summed E-state index contributed by atoms with van der Waals surface area (Å²) in [6.45, 7) is 3.31. The molecule has 1 aliphatic carbocycles. The number of carbonyl (C=O) groups is 3. The number of aliphatic hydroxyl groups is 10. The molecule has 0 amide bonds. The van der Waals surface area contributed by atoms with Crippen molar-refractivity contribution in [3.05, 3.63) is 36.5 Å². The topological polar surface area (TPSA) is 374 Å². The first-order valence-electron chi connectivity index (χ1n) is 37.8. The number of phosphoric ester groups is 1. The van der Waals surface area contributed by atoms with Crippen LogP contribution in [0.4, 0.5) is 0 Å². The van der Waals surface area contributed by atoms with Crippen LogP contribution in [0.2, 0.25) is 0 Å². The van der Waals surface area contributed by atoms with Crippen LogP contribution in [0, 0.1) is 0 Å². The number of hydrogen-bond donors (Lipinski definition) is 11. The van der Waals surface area contributed by atoms with Crippen molar-refractivity contribution in [2.75, 3.05) is 26.4 Å². The lowest BCUT2D eigenvalue weighted by molar-refractivity contribution is -0.360. The Morgan fingerprint density at radius 3 is 1.22 bits per heavy atom. The summed E-state index contributed by atoms with van der Waals surface area (Å²) in [7, 11) is -5.73. The van der Waals surface area contributed by atoms with Crippen molar-refractivity contribution >= 4 is 25.7 Å². The normalized spacial score (nSPS) is 27.8. The molecule has 98 heavy (non-hydrogen) atoms. The molecule has 25 heteroatoms. The Labute approximate surface area is 585 Å². The molecule has 3 rings (SSSR count). The van der Waals surface area contributed by atoms with Gasteiger partial charge in [0.25, 0.3) is 0 Å². The van der Waals surface area contributed by atoms with Gasteiger partial charge in [0.05, 0.1) is 13.2 Å². The van der Waals surface area contributed by atoms with Crippen LogP contribution in [0.15, 0.2) is 36.5 Å². The number of allylic oxidation sites excluding steroid dienone is 5. The molecule has 2 heterocycles. The Hall–Kier alpha value is -2.82. The fraction of sp³-hybridized carbons (Fsp3) is 0.877.